The van der Waals surface area contributed by atoms with Crippen molar-refractivity contribution in [3.8, 4) is 5.75 Å². The molecule has 0 saturated heterocycles. The Balaban J connectivity index is 1.74. The summed E-state index contributed by atoms with van der Waals surface area (Å²) in [5.41, 5.74) is 2.46. The number of rotatable bonds is 3. The highest BCUT2D eigenvalue weighted by molar-refractivity contribution is 14.1. The first-order chi connectivity index (χ1) is 12.5. The summed E-state index contributed by atoms with van der Waals surface area (Å²) in [5.74, 6) is 1.14. The van der Waals surface area contributed by atoms with Crippen molar-refractivity contribution in [2.24, 2.45) is 0 Å². The van der Waals surface area contributed by atoms with Crippen LogP contribution in [0.1, 0.15) is 17.8 Å². The lowest BCUT2D eigenvalue weighted by Gasteiger charge is -2.07. The van der Waals surface area contributed by atoms with Gasteiger partial charge < -0.3 is 4.74 Å². The Morgan fingerprint density at radius 3 is 2.77 bits per heavy atom. The fourth-order valence-electron chi connectivity index (χ4n) is 3.07. The Morgan fingerprint density at radius 1 is 1.27 bits per heavy atom. The summed E-state index contributed by atoms with van der Waals surface area (Å²) in [6, 6.07) is 12.2. The predicted octanol–water partition coefficient (Wildman–Crippen LogP) is 5.06. The minimum absolute atomic E-state index is 0.0511. The SMILES string of the molecule is O=c1c2ccc(Cl)cc2nc2n1CC/C2=C\c1ccc(OC(F)I)cc1. The largest absolute Gasteiger partial charge is 0.452 e. The molecule has 0 N–H and O–H groups in total. The molecule has 4 rings (SSSR count). The van der Waals surface area contributed by atoms with Crippen molar-refractivity contribution in [1.29, 1.82) is 0 Å². The monoisotopic (exact) mass is 482 g/mol. The van der Waals surface area contributed by atoms with Crippen molar-refractivity contribution in [1.82, 2.24) is 9.55 Å². The molecule has 1 aliphatic heterocycles. The number of ether oxygens (including phenoxy) is 1. The number of hydrogen-bond donors (Lipinski definition) is 0. The van der Waals surface area contributed by atoms with E-state index < -0.39 is 4.36 Å². The molecule has 0 saturated carbocycles. The quantitative estimate of drug-likeness (QED) is 0.387. The Labute approximate surface area is 167 Å². The highest BCUT2D eigenvalue weighted by Gasteiger charge is 2.20. The summed E-state index contributed by atoms with van der Waals surface area (Å²) in [5, 5.41) is 1.12. The van der Waals surface area contributed by atoms with E-state index in [-0.39, 0.29) is 5.56 Å². The summed E-state index contributed by atoms with van der Waals surface area (Å²) in [4.78, 5) is 17.3. The van der Waals surface area contributed by atoms with Gasteiger partial charge in [-0.05, 0) is 54.0 Å². The Hall–Kier alpha value is -1.93. The first kappa shape index (κ1) is 17.5. The van der Waals surface area contributed by atoms with Crippen LogP contribution in [0, 0.1) is 0 Å². The minimum atomic E-state index is -1.38. The van der Waals surface area contributed by atoms with Crippen LogP contribution in [0.3, 0.4) is 0 Å². The molecule has 1 atom stereocenters. The maximum absolute atomic E-state index is 12.9. The molecule has 2 aromatic carbocycles. The zero-order valence-electron chi connectivity index (χ0n) is 13.5. The van der Waals surface area contributed by atoms with Gasteiger partial charge in [0.25, 0.3) is 9.92 Å². The molecule has 26 heavy (non-hydrogen) atoms. The number of nitrogens with zero attached hydrogens (tertiary/aromatic N) is 2. The normalized spacial score (nSPS) is 16.0. The van der Waals surface area contributed by atoms with Gasteiger partial charge in [0.15, 0.2) is 0 Å². The van der Waals surface area contributed by atoms with Gasteiger partial charge in [0, 0.05) is 34.2 Å². The van der Waals surface area contributed by atoms with E-state index in [1.54, 1.807) is 57.5 Å². The molecule has 4 nitrogen and oxygen atoms in total. The Morgan fingerprint density at radius 2 is 2.04 bits per heavy atom. The number of fused-ring (bicyclic) bond motifs is 2. The van der Waals surface area contributed by atoms with Crippen LogP contribution in [0.2, 0.25) is 5.02 Å². The second-order valence-corrected chi connectivity index (χ2v) is 7.34. The summed E-state index contributed by atoms with van der Waals surface area (Å²) in [6.45, 7) is 0.602. The molecule has 132 valence electrons. The van der Waals surface area contributed by atoms with E-state index in [9.17, 15) is 9.18 Å². The molecule has 0 spiro atoms. The van der Waals surface area contributed by atoms with E-state index in [0.29, 0.717) is 34.0 Å². The highest BCUT2D eigenvalue weighted by atomic mass is 127. The third-order valence-electron chi connectivity index (χ3n) is 4.26. The van der Waals surface area contributed by atoms with Crippen LogP contribution < -0.4 is 10.3 Å². The molecule has 1 aromatic heterocycles. The van der Waals surface area contributed by atoms with E-state index >= 15 is 0 Å². The van der Waals surface area contributed by atoms with Gasteiger partial charge in [-0.25, -0.2) is 4.98 Å². The van der Waals surface area contributed by atoms with Gasteiger partial charge in [-0.2, -0.15) is 4.39 Å². The second-order valence-electron chi connectivity index (χ2n) is 5.92. The molecule has 0 fully saturated rings. The van der Waals surface area contributed by atoms with E-state index in [4.69, 9.17) is 16.3 Å². The fraction of sp³-hybridized carbons (Fsp3) is 0.158. The average molecular weight is 483 g/mol. The molecule has 2 heterocycles. The minimum Gasteiger partial charge on any atom is -0.452 e. The molecule has 0 bridgehead atoms. The van der Waals surface area contributed by atoms with Crippen molar-refractivity contribution < 1.29 is 9.13 Å². The van der Waals surface area contributed by atoms with Gasteiger partial charge in [-0.1, -0.05) is 23.7 Å². The topological polar surface area (TPSA) is 44.1 Å². The first-order valence-corrected chi connectivity index (χ1v) is 9.59. The van der Waals surface area contributed by atoms with Crippen molar-refractivity contribution >= 4 is 56.7 Å². The van der Waals surface area contributed by atoms with Crippen LogP contribution in [-0.4, -0.2) is 13.9 Å². The standard InChI is InChI=1S/C19H13ClFIN2O2/c20-13-3-6-15-16(10-13)23-17-12(7-8-24(17)18(15)25)9-11-1-4-14(5-2-11)26-19(21)22/h1-6,9-10,19H,7-8H2/b12-9+. The van der Waals surface area contributed by atoms with Crippen molar-refractivity contribution in [2.45, 2.75) is 17.3 Å². The van der Waals surface area contributed by atoms with Gasteiger partial charge in [0.1, 0.15) is 11.6 Å². The second kappa shape index (κ2) is 7.00. The van der Waals surface area contributed by atoms with E-state index in [1.165, 1.54) is 0 Å². The average Bonchev–Trinajstić information content (AvgIpc) is 2.99. The van der Waals surface area contributed by atoms with Gasteiger partial charge in [-0.3, -0.25) is 9.36 Å². The van der Waals surface area contributed by atoms with Crippen LogP contribution >= 0.6 is 34.2 Å². The summed E-state index contributed by atoms with van der Waals surface area (Å²) in [7, 11) is 0. The van der Waals surface area contributed by atoms with Gasteiger partial charge in [0.2, 0.25) is 0 Å². The smallest absolute Gasteiger partial charge is 0.288 e. The van der Waals surface area contributed by atoms with Gasteiger partial charge >= 0.3 is 0 Å². The molecule has 1 aliphatic rings. The summed E-state index contributed by atoms with van der Waals surface area (Å²) >= 11 is 7.59. The van der Waals surface area contributed by atoms with Crippen molar-refractivity contribution in [3.63, 3.8) is 0 Å². The number of benzene rings is 2. The summed E-state index contributed by atoms with van der Waals surface area (Å²) in [6.07, 6.45) is 2.72. The zero-order chi connectivity index (χ0) is 18.3. The fourth-order valence-corrected chi connectivity index (χ4v) is 3.53. The predicted molar refractivity (Wildman–Crippen MR) is 109 cm³/mol. The first-order valence-electron chi connectivity index (χ1n) is 7.97. The van der Waals surface area contributed by atoms with E-state index in [2.05, 4.69) is 4.98 Å². The molecule has 1 unspecified atom stereocenters. The number of aromatic nitrogens is 2. The lowest BCUT2D eigenvalue weighted by molar-refractivity contribution is 0.171. The number of allylic oxidation sites excluding steroid dienone is 1. The molecular weight excluding hydrogens is 470 g/mol. The lowest BCUT2D eigenvalue weighted by Crippen LogP contribution is -2.20. The maximum atomic E-state index is 12.9. The molecule has 3 aromatic rings. The van der Waals surface area contributed by atoms with Crippen molar-refractivity contribution in [3.05, 3.63) is 69.2 Å². The van der Waals surface area contributed by atoms with Crippen LogP contribution in [0.25, 0.3) is 22.6 Å². The number of halogens is 3. The van der Waals surface area contributed by atoms with Crippen LogP contribution in [0.4, 0.5) is 4.39 Å². The molecule has 0 radical (unpaired) electrons. The van der Waals surface area contributed by atoms with Gasteiger partial charge in [-0.15, -0.1) is 0 Å². The Bertz CT molecular complexity index is 1080. The van der Waals surface area contributed by atoms with Gasteiger partial charge in [0.05, 0.1) is 10.9 Å². The third-order valence-corrected chi connectivity index (χ3v) is 4.74. The molecule has 0 aliphatic carbocycles. The number of hydrogen-bond acceptors (Lipinski definition) is 3. The van der Waals surface area contributed by atoms with E-state index in [1.807, 2.05) is 18.2 Å². The zero-order valence-corrected chi connectivity index (χ0v) is 16.4. The molecule has 7 heteroatoms. The molecule has 0 amide bonds. The number of alkyl halides is 2. The Kier molecular flexibility index (Phi) is 4.71. The van der Waals surface area contributed by atoms with Crippen LogP contribution in [0.5, 0.6) is 5.75 Å². The van der Waals surface area contributed by atoms with Crippen LogP contribution in [-0.2, 0) is 6.54 Å². The highest BCUT2D eigenvalue weighted by Crippen LogP contribution is 2.28. The summed E-state index contributed by atoms with van der Waals surface area (Å²) < 4.78 is 18.2. The third kappa shape index (κ3) is 3.35. The maximum Gasteiger partial charge on any atom is 0.288 e. The molecular formula is C19H13ClFIN2O2. The lowest BCUT2D eigenvalue weighted by atomic mass is 10.1. The van der Waals surface area contributed by atoms with E-state index in [0.717, 1.165) is 17.6 Å². The van der Waals surface area contributed by atoms with Crippen LogP contribution in [0.15, 0.2) is 47.3 Å². The van der Waals surface area contributed by atoms with Crippen molar-refractivity contribution in [2.75, 3.05) is 0 Å².